The topological polar surface area (TPSA) is 9.23 Å². The molecule has 0 radical (unpaired) electrons. The van der Waals surface area contributed by atoms with E-state index >= 15 is 0 Å². The Kier molecular flexibility index (Phi) is 1.38. The van der Waals surface area contributed by atoms with Gasteiger partial charge in [-0.1, -0.05) is 24.3 Å². The summed E-state index contributed by atoms with van der Waals surface area (Å²) in [6, 6.07) is 0. The average molecular weight is 136 g/mol. The third-order valence-electron chi connectivity index (χ3n) is 2.25. The molecular formula is C9H12O. The summed E-state index contributed by atoms with van der Waals surface area (Å²) in [5.41, 5.74) is 0.106. The van der Waals surface area contributed by atoms with Gasteiger partial charge in [0.25, 0.3) is 0 Å². The van der Waals surface area contributed by atoms with Crippen molar-refractivity contribution in [1.82, 2.24) is 0 Å². The van der Waals surface area contributed by atoms with Crippen molar-refractivity contribution >= 4 is 0 Å². The van der Waals surface area contributed by atoms with Gasteiger partial charge < -0.3 is 4.74 Å². The highest BCUT2D eigenvalue weighted by molar-refractivity contribution is 5.14. The smallest absolute Gasteiger partial charge is 0.0903 e. The van der Waals surface area contributed by atoms with Crippen LogP contribution in [0.4, 0.5) is 0 Å². The Bertz CT molecular complexity index is 181. The van der Waals surface area contributed by atoms with Gasteiger partial charge in [0.2, 0.25) is 0 Å². The standard InChI is InChI=1S/C9H12O/c1-2-6-9(5-1)7-3-4-8-10-9/h1,3-5H,2,6-8H2. The molecule has 2 aliphatic rings. The molecule has 1 heteroatoms. The van der Waals surface area contributed by atoms with E-state index in [2.05, 4.69) is 24.3 Å². The van der Waals surface area contributed by atoms with Crippen LogP contribution in [-0.4, -0.2) is 12.2 Å². The van der Waals surface area contributed by atoms with Crippen molar-refractivity contribution in [3.8, 4) is 0 Å². The number of ether oxygens (including phenoxy) is 1. The highest BCUT2D eigenvalue weighted by atomic mass is 16.5. The lowest BCUT2D eigenvalue weighted by Gasteiger charge is -2.28. The normalized spacial score (nSPS) is 37.6. The van der Waals surface area contributed by atoms with E-state index < -0.39 is 0 Å². The molecule has 0 aromatic heterocycles. The second kappa shape index (κ2) is 2.24. The van der Waals surface area contributed by atoms with Crippen LogP contribution >= 0.6 is 0 Å². The molecule has 0 fully saturated rings. The van der Waals surface area contributed by atoms with E-state index in [-0.39, 0.29) is 5.60 Å². The minimum absolute atomic E-state index is 0.106. The molecule has 0 aromatic carbocycles. The quantitative estimate of drug-likeness (QED) is 0.463. The molecule has 1 nitrogen and oxygen atoms in total. The Morgan fingerprint density at radius 1 is 1.20 bits per heavy atom. The minimum Gasteiger partial charge on any atom is -0.367 e. The van der Waals surface area contributed by atoms with Gasteiger partial charge in [-0.3, -0.25) is 0 Å². The fourth-order valence-electron chi connectivity index (χ4n) is 1.62. The van der Waals surface area contributed by atoms with Crippen molar-refractivity contribution in [3.05, 3.63) is 24.3 Å². The van der Waals surface area contributed by atoms with E-state index in [9.17, 15) is 0 Å². The highest BCUT2D eigenvalue weighted by Gasteiger charge is 2.30. The first-order valence-electron chi connectivity index (χ1n) is 3.88. The van der Waals surface area contributed by atoms with Crippen LogP contribution in [0.3, 0.4) is 0 Å². The molecular weight excluding hydrogens is 124 g/mol. The van der Waals surface area contributed by atoms with Crippen molar-refractivity contribution in [2.75, 3.05) is 6.61 Å². The molecule has 0 N–H and O–H groups in total. The average Bonchev–Trinajstić information content (AvgIpc) is 2.39. The van der Waals surface area contributed by atoms with E-state index in [0.29, 0.717) is 0 Å². The van der Waals surface area contributed by atoms with Crippen molar-refractivity contribution in [2.45, 2.75) is 24.9 Å². The van der Waals surface area contributed by atoms with Crippen LogP contribution in [0, 0.1) is 0 Å². The number of hydrogen-bond donors (Lipinski definition) is 0. The fraction of sp³-hybridized carbons (Fsp3) is 0.556. The summed E-state index contributed by atoms with van der Waals surface area (Å²) < 4.78 is 5.65. The summed E-state index contributed by atoms with van der Waals surface area (Å²) in [6.45, 7) is 0.796. The molecule has 1 spiro atoms. The Labute approximate surface area is 61.4 Å². The number of hydrogen-bond acceptors (Lipinski definition) is 1. The lowest BCUT2D eigenvalue weighted by molar-refractivity contribution is 0.00317. The van der Waals surface area contributed by atoms with E-state index in [1.165, 1.54) is 12.8 Å². The third-order valence-corrected chi connectivity index (χ3v) is 2.25. The van der Waals surface area contributed by atoms with Gasteiger partial charge >= 0.3 is 0 Å². The molecule has 1 heterocycles. The van der Waals surface area contributed by atoms with Gasteiger partial charge in [0.15, 0.2) is 0 Å². The van der Waals surface area contributed by atoms with Crippen LogP contribution in [0.5, 0.6) is 0 Å². The number of allylic oxidation sites excluding steroid dienone is 1. The summed E-state index contributed by atoms with van der Waals surface area (Å²) in [6.07, 6.45) is 12.2. The maximum absolute atomic E-state index is 5.65. The van der Waals surface area contributed by atoms with Crippen LogP contribution in [0.15, 0.2) is 24.3 Å². The molecule has 1 atom stereocenters. The fourth-order valence-corrected chi connectivity index (χ4v) is 1.62. The molecule has 10 heavy (non-hydrogen) atoms. The van der Waals surface area contributed by atoms with Gasteiger partial charge in [-0.25, -0.2) is 0 Å². The maximum atomic E-state index is 5.65. The first kappa shape index (κ1) is 6.17. The maximum Gasteiger partial charge on any atom is 0.0903 e. The molecule has 0 bridgehead atoms. The largest absolute Gasteiger partial charge is 0.367 e. The molecule has 0 saturated carbocycles. The van der Waals surface area contributed by atoms with Crippen molar-refractivity contribution in [3.63, 3.8) is 0 Å². The summed E-state index contributed by atoms with van der Waals surface area (Å²) in [5.74, 6) is 0. The van der Waals surface area contributed by atoms with E-state index in [1.807, 2.05) is 0 Å². The molecule has 54 valence electrons. The lowest BCUT2D eigenvalue weighted by Crippen LogP contribution is -2.29. The van der Waals surface area contributed by atoms with Gasteiger partial charge in [-0.2, -0.15) is 0 Å². The minimum atomic E-state index is 0.106. The molecule has 1 aliphatic carbocycles. The van der Waals surface area contributed by atoms with Crippen molar-refractivity contribution in [1.29, 1.82) is 0 Å². The zero-order chi connectivity index (χ0) is 6.86. The molecule has 1 aliphatic heterocycles. The van der Waals surface area contributed by atoms with Crippen LogP contribution < -0.4 is 0 Å². The highest BCUT2D eigenvalue weighted by Crippen LogP contribution is 2.32. The van der Waals surface area contributed by atoms with E-state index in [1.54, 1.807) is 0 Å². The zero-order valence-corrected chi connectivity index (χ0v) is 6.05. The summed E-state index contributed by atoms with van der Waals surface area (Å²) in [4.78, 5) is 0. The van der Waals surface area contributed by atoms with Crippen molar-refractivity contribution in [2.24, 2.45) is 0 Å². The van der Waals surface area contributed by atoms with E-state index in [0.717, 1.165) is 13.0 Å². The van der Waals surface area contributed by atoms with Gasteiger partial charge in [-0.15, -0.1) is 0 Å². The van der Waals surface area contributed by atoms with Gasteiger partial charge in [0.1, 0.15) is 0 Å². The molecule has 2 rings (SSSR count). The van der Waals surface area contributed by atoms with Gasteiger partial charge in [0, 0.05) is 0 Å². The first-order valence-corrected chi connectivity index (χ1v) is 3.88. The summed E-state index contributed by atoms with van der Waals surface area (Å²) in [7, 11) is 0. The van der Waals surface area contributed by atoms with Crippen LogP contribution in [0.1, 0.15) is 19.3 Å². The SMILES string of the molecule is C1=CC2(CC=CCO2)CC1. The van der Waals surface area contributed by atoms with Crippen LogP contribution in [-0.2, 0) is 4.74 Å². The van der Waals surface area contributed by atoms with Crippen LogP contribution in [0.25, 0.3) is 0 Å². The first-order chi connectivity index (χ1) is 4.91. The zero-order valence-electron chi connectivity index (χ0n) is 6.05. The van der Waals surface area contributed by atoms with Gasteiger partial charge in [-0.05, 0) is 19.3 Å². The Morgan fingerprint density at radius 2 is 2.20 bits per heavy atom. The predicted molar refractivity (Wildman–Crippen MR) is 40.8 cm³/mol. The molecule has 0 saturated heterocycles. The monoisotopic (exact) mass is 136 g/mol. The van der Waals surface area contributed by atoms with E-state index in [4.69, 9.17) is 4.74 Å². The Hall–Kier alpha value is -0.560. The number of rotatable bonds is 0. The Balaban J connectivity index is 2.14. The second-order valence-corrected chi connectivity index (χ2v) is 2.99. The lowest BCUT2D eigenvalue weighted by atomic mass is 9.97. The Morgan fingerprint density at radius 3 is 2.80 bits per heavy atom. The van der Waals surface area contributed by atoms with Crippen LogP contribution in [0.2, 0.25) is 0 Å². The molecule has 0 aromatic rings. The molecule has 0 amide bonds. The summed E-state index contributed by atoms with van der Waals surface area (Å²) >= 11 is 0. The van der Waals surface area contributed by atoms with Crippen molar-refractivity contribution < 1.29 is 4.74 Å². The van der Waals surface area contributed by atoms with Gasteiger partial charge in [0.05, 0.1) is 12.2 Å². The second-order valence-electron chi connectivity index (χ2n) is 2.99. The summed E-state index contributed by atoms with van der Waals surface area (Å²) in [5, 5.41) is 0. The third kappa shape index (κ3) is 0.907. The molecule has 1 unspecified atom stereocenters. The predicted octanol–water partition coefficient (Wildman–Crippen LogP) is 2.05.